The van der Waals surface area contributed by atoms with Gasteiger partial charge in [0.25, 0.3) is 5.91 Å². The minimum atomic E-state index is -1.62. The molecule has 2 aromatic carbocycles. The number of halogens is 1. The Morgan fingerprint density at radius 3 is 2.49 bits per heavy atom. The first-order valence-corrected chi connectivity index (χ1v) is 13.7. The molecular weight excluding hydrogens is 523 g/mol. The molecule has 11 heteroatoms. The van der Waals surface area contributed by atoms with Crippen LogP contribution in [0.1, 0.15) is 35.7 Å². The fraction of sp³-hybridized carbons (Fsp3) is 0.393. The van der Waals surface area contributed by atoms with Gasteiger partial charge < -0.3 is 19.8 Å². The van der Waals surface area contributed by atoms with Crippen LogP contribution in [0, 0.1) is 5.92 Å². The first-order chi connectivity index (χ1) is 18.8. The largest absolute Gasteiger partial charge is 0.481 e. The zero-order valence-corrected chi connectivity index (χ0v) is 22.3. The molecule has 2 atom stereocenters. The zero-order chi connectivity index (χ0) is 27.7. The van der Waals surface area contributed by atoms with Crippen LogP contribution >= 0.6 is 11.5 Å². The maximum absolute atomic E-state index is 13.2. The number of rotatable bonds is 10. The smallest absolute Gasteiger partial charge is 0.304 e. The first kappa shape index (κ1) is 26.7. The summed E-state index contributed by atoms with van der Waals surface area (Å²) in [5, 5.41) is 10.3. The lowest BCUT2D eigenvalue weighted by Crippen LogP contribution is -2.46. The van der Waals surface area contributed by atoms with Crippen LogP contribution in [0.3, 0.4) is 0 Å². The van der Waals surface area contributed by atoms with Gasteiger partial charge in [-0.05, 0) is 53.8 Å². The minimum absolute atomic E-state index is 0.167. The van der Waals surface area contributed by atoms with E-state index in [1.807, 2.05) is 24.3 Å². The van der Waals surface area contributed by atoms with Crippen molar-refractivity contribution in [2.45, 2.75) is 32.4 Å². The second-order valence-electron chi connectivity index (χ2n) is 9.83. The summed E-state index contributed by atoms with van der Waals surface area (Å²) in [7, 11) is 0. The summed E-state index contributed by atoms with van der Waals surface area (Å²) in [5.41, 5.74) is 2.22. The number of aliphatic carboxylic acids is 1. The normalized spacial score (nSPS) is 16.9. The number of carboxylic acid groups (broad SMARTS) is 1. The molecule has 204 valence electrons. The highest BCUT2D eigenvalue weighted by molar-refractivity contribution is 7.13. The van der Waals surface area contributed by atoms with Crippen LogP contribution in [-0.4, -0.2) is 76.7 Å². The maximum Gasteiger partial charge on any atom is 0.304 e. The summed E-state index contributed by atoms with van der Waals surface area (Å²) in [6, 6.07) is 12.8. The Hall–Kier alpha value is -3.86. The molecule has 2 aliphatic heterocycles. The van der Waals surface area contributed by atoms with Gasteiger partial charge in [0.15, 0.2) is 11.6 Å². The number of ketones is 2. The number of carboxylic acids is 1. The molecule has 0 aliphatic carbocycles. The average molecular weight is 553 g/mol. The number of anilines is 2. The molecule has 0 radical (unpaired) electrons. The quantitative estimate of drug-likeness (QED) is 0.380. The van der Waals surface area contributed by atoms with Gasteiger partial charge in [-0.2, -0.15) is 4.37 Å². The number of aromatic nitrogens is 1. The van der Waals surface area contributed by atoms with Gasteiger partial charge in [0.2, 0.25) is 0 Å². The van der Waals surface area contributed by atoms with E-state index in [0.29, 0.717) is 5.56 Å². The van der Waals surface area contributed by atoms with Crippen LogP contribution in [0.4, 0.5) is 15.9 Å². The second-order valence-corrected chi connectivity index (χ2v) is 10.6. The number of fused-ring (bicyclic) bond motifs is 2. The van der Waals surface area contributed by atoms with Crippen molar-refractivity contribution in [2.24, 2.45) is 5.92 Å². The monoisotopic (exact) mass is 552 g/mol. The van der Waals surface area contributed by atoms with Crippen LogP contribution in [0.25, 0.3) is 10.1 Å². The molecule has 0 bridgehead atoms. The van der Waals surface area contributed by atoms with Gasteiger partial charge in [0.05, 0.1) is 23.1 Å². The Balaban J connectivity index is 1.29. The topological polar surface area (TPSA) is 111 Å². The fourth-order valence-electron chi connectivity index (χ4n) is 5.50. The Morgan fingerprint density at radius 2 is 1.79 bits per heavy atom. The minimum Gasteiger partial charge on any atom is -0.481 e. The average Bonchev–Trinajstić information content (AvgIpc) is 3.52. The number of amides is 1. The van der Waals surface area contributed by atoms with Crippen molar-refractivity contribution in [2.75, 3.05) is 42.7 Å². The number of alkyl halides is 1. The van der Waals surface area contributed by atoms with Gasteiger partial charge in [-0.15, -0.1) is 0 Å². The van der Waals surface area contributed by atoms with Gasteiger partial charge in [0.1, 0.15) is 12.5 Å². The molecule has 39 heavy (non-hydrogen) atoms. The van der Waals surface area contributed by atoms with Gasteiger partial charge in [-0.25, -0.2) is 4.39 Å². The Kier molecular flexibility index (Phi) is 7.60. The van der Waals surface area contributed by atoms with Crippen LogP contribution in [0.2, 0.25) is 0 Å². The summed E-state index contributed by atoms with van der Waals surface area (Å²) in [6.07, 6.45) is -0.603. The molecule has 3 heterocycles. The van der Waals surface area contributed by atoms with Crippen molar-refractivity contribution in [3.8, 4) is 0 Å². The first-order valence-electron chi connectivity index (χ1n) is 12.9. The molecule has 1 unspecified atom stereocenters. The van der Waals surface area contributed by atoms with E-state index in [0.717, 1.165) is 53.3 Å². The Morgan fingerprint density at radius 1 is 1.08 bits per heavy atom. The standard InChI is InChI=1S/C28H29FN4O5S/c1-2-22(26(37)21(14-25(35)36)23(34)15-29)33-16-17-13-18(7-8-19(17)28(33)38)31-9-11-32(12-10-31)27-20-5-3-4-6-24(20)39-30-27/h3-8,13,21-22H,2,9-12,14-16H2,1H3,(H,35,36)/t21?,22-/m0/s1. The highest BCUT2D eigenvalue weighted by atomic mass is 32.1. The second kappa shape index (κ2) is 11.1. The summed E-state index contributed by atoms with van der Waals surface area (Å²) in [4.78, 5) is 55.6. The molecule has 1 saturated heterocycles. The van der Waals surface area contributed by atoms with Crippen molar-refractivity contribution in [1.29, 1.82) is 0 Å². The van der Waals surface area contributed by atoms with E-state index in [9.17, 15) is 23.6 Å². The van der Waals surface area contributed by atoms with Crippen molar-refractivity contribution >= 4 is 56.6 Å². The molecular formula is C28H29FN4O5S. The number of benzene rings is 2. The third-order valence-electron chi connectivity index (χ3n) is 7.56. The van der Waals surface area contributed by atoms with Gasteiger partial charge in [0, 0.05) is 49.4 Å². The number of Topliss-reactive ketones (excluding diaryl/α,β-unsaturated/α-hetero) is 2. The van der Waals surface area contributed by atoms with Gasteiger partial charge >= 0.3 is 5.97 Å². The number of hydrogen-bond acceptors (Lipinski definition) is 8. The molecule has 5 rings (SSSR count). The summed E-state index contributed by atoms with van der Waals surface area (Å²) in [5.74, 6) is -4.12. The van der Waals surface area contributed by atoms with E-state index >= 15 is 0 Å². The highest BCUT2D eigenvalue weighted by Crippen LogP contribution is 2.33. The van der Waals surface area contributed by atoms with Crippen LogP contribution < -0.4 is 9.80 Å². The summed E-state index contributed by atoms with van der Waals surface area (Å²) < 4.78 is 18.9. The zero-order valence-electron chi connectivity index (χ0n) is 21.5. The Labute approximate surface area is 229 Å². The summed E-state index contributed by atoms with van der Waals surface area (Å²) >= 11 is 1.50. The maximum atomic E-state index is 13.2. The Bertz CT molecular complexity index is 1430. The van der Waals surface area contributed by atoms with Crippen LogP contribution in [0.15, 0.2) is 42.5 Å². The lowest BCUT2D eigenvalue weighted by Gasteiger charge is -2.36. The molecule has 2 aliphatic rings. The van der Waals surface area contributed by atoms with Crippen LogP contribution in [-0.2, 0) is 20.9 Å². The number of hydrogen-bond donors (Lipinski definition) is 1. The molecule has 9 nitrogen and oxygen atoms in total. The lowest BCUT2D eigenvalue weighted by molar-refractivity contribution is -0.146. The van der Waals surface area contributed by atoms with E-state index in [1.54, 1.807) is 13.0 Å². The van der Waals surface area contributed by atoms with E-state index in [4.69, 9.17) is 5.11 Å². The van der Waals surface area contributed by atoms with Crippen molar-refractivity contribution < 1.29 is 28.7 Å². The predicted octanol–water partition coefficient (Wildman–Crippen LogP) is 3.56. The van der Waals surface area contributed by atoms with Crippen molar-refractivity contribution in [3.63, 3.8) is 0 Å². The SMILES string of the molecule is CC[C@@H](C(=O)C(CC(=O)O)C(=O)CF)N1Cc2cc(N3CCN(c4nsc5ccccc45)CC3)ccc2C1=O. The predicted molar refractivity (Wildman–Crippen MR) is 146 cm³/mol. The number of carbonyl (C=O) groups is 4. The fourth-order valence-corrected chi connectivity index (χ4v) is 6.30. The summed E-state index contributed by atoms with van der Waals surface area (Å²) in [6.45, 7) is 3.59. The number of piperazine rings is 1. The van der Waals surface area contributed by atoms with Crippen molar-refractivity contribution in [1.82, 2.24) is 9.27 Å². The van der Waals surface area contributed by atoms with E-state index in [1.165, 1.54) is 16.4 Å². The molecule has 1 N–H and O–H groups in total. The van der Waals surface area contributed by atoms with E-state index < -0.39 is 42.6 Å². The molecule has 1 aromatic heterocycles. The van der Waals surface area contributed by atoms with E-state index in [2.05, 4.69) is 26.3 Å². The highest BCUT2D eigenvalue weighted by Gasteiger charge is 2.41. The van der Waals surface area contributed by atoms with Crippen LogP contribution in [0.5, 0.6) is 0 Å². The number of nitrogens with zero attached hydrogens (tertiary/aromatic N) is 4. The lowest BCUT2D eigenvalue weighted by atomic mass is 9.89. The molecule has 1 amide bonds. The molecule has 0 saturated carbocycles. The third kappa shape index (κ3) is 5.10. The molecule has 1 fully saturated rings. The van der Waals surface area contributed by atoms with Gasteiger partial charge in [-0.1, -0.05) is 19.1 Å². The van der Waals surface area contributed by atoms with Gasteiger partial charge in [-0.3, -0.25) is 19.2 Å². The molecule has 3 aromatic rings. The number of carbonyl (C=O) groups excluding carboxylic acids is 3. The van der Waals surface area contributed by atoms with E-state index in [-0.39, 0.29) is 18.9 Å². The third-order valence-corrected chi connectivity index (χ3v) is 8.37. The van der Waals surface area contributed by atoms with Crippen molar-refractivity contribution in [3.05, 3.63) is 53.6 Å². The molecule has 0 spiro atoms.